The van der Waals surface area contributed by atoms with E-state index in [4.69, 9.17) is 4.74 Å². The van der Waals surface area contributed by atoms with E-state index in [0.29, 0.717) is 11.7 Å². The van der Waals surface area contributed by atoms with Gasteiger partial charge < -0.3 is 15.0 Å². The number of nitrogens with one attached hydrogen (secondary N) is 1. The molecule has 29 heavy (non-hydrogen) atoms. The van der Waals surface area contributed by atoms with E-state index in [0.717, 1.165) is 48.5 Å². The third kappa shape index (κ3) is 5.04. The second kappa shape index (κ2) is 8.93. The van der Waals surface area contributed by atoms with Crippen molar-refractivity contribution in [2.75, 3.05) is 25.5 Å². The zero-order valence-electron chi connectivity index (χ0n) is 16.7. The average molecular weight is 386 g/mol. The largest absolute Gasteiger partial charge is 0.490 e. The topological polar surface area (TPSA) is 41.6 Å². The van der Waals surface area contributed by atoms with Crippen LogP contribution < -0.4 is 10.1 Å². The first-order chi connectivity index (χ1) is 14.2. The van der Waals surface area contributed by atoms with E-state index >= 15 is 0 Å². The Hall–Kier alpha value is -3.11. The van der Waals surface area contributed by atoms with Crippen molar-refractivity contribution in [1.29, 1.82) is 0 Å². The number of hydrogen-bond donors (Lipinski definition) is 1. The van der Waals surface area contributed by atoms with Crippen LogP contribution in [-0.2, 0) is 0 Å². The summed E-state index contributed by atoms with van der Waals surface area (Å²) < 4.78 is 6.14. The zero-order valence-corrected chi connectivity index (χ0v) is 16.7. The van der Waals surface area contributed by atoms with Crippen LogP contribution >= 0.6 is 0 Å². The van der Waals surface area contributed by atoms with Crippen molar-refractivity contribution in [2.24, 2.45) is 0 Å². The predicted molar refractivity (Wildman–Crippen MR) is 117 cm³/mol. The van der Waals surface area contributed by atoms with E-state index < -0.39 is 0 Å². The molecule has 148 valence electrons. The highest BCUT2D eigenvalue weighted by atomic mass is 16.5. The predicted octanol–water partition coefficient (Wildman–Crippen LogP) is 5.08. The molecule has 1 fully saturated rings. The number of ether oxygens (including phenoxy) is 1. The van der Waals surface area contributed by atoms with E-state index in [1.807, 2.05) is 66.7 Å². The summed E-state index contributed by atoms with van der Waals surface area (Å²) in [4.78, 5) is 14.7. The Labute approximate surface area is 172 Å². The average Bonchev–Trinajstić information content (AvgIpc) is 2.77. The number of piperidine rings is 1. The standard InChI is InChI=1S/C25H26N2O2/c1-27-16-14-24(15-17-27)29-23-12-10-19(11-13-23)21-8-5-9-22(18-21)26-25(28)20-6-3-2-4-7-20/h2-13,18,24H,14-17H2,1H3,(H,26,28). The molecule has 0 saturated carbocycles. The first-order valence-electron chi connectivity index (χ1n) is 10.1. The number of rotatable bonds is 5. The number of nitrogens with zero attached hydrogens (tertiary/aromatic N) is 1. The molecular weight excluding hydrogens is 360 g/mol. The Balaban J connectivity index is 1.42. The van der Waals surface area contributed by atoms with Gasteiger partial charge in [0.15, 0.2) is 0 Å². The van der Waals surface area contributed by atoms with Gasteiger partial charge in [-0.3, -0.25) is 4.79 Å². The molecule has 0 atom stereocenters. The molecule has 1 N–H and O–H groups in total. The molecule has 1 saturated heterocycles. The molecule has 0 unspecified atom stereocenters. The summed E-state index contributed by atoms with van der Waals surface area (Å²) >= 11 is 0. The minimum Gasteiger partial charge on any atom is -0.490 e. The molecule has 0 aliphatic carbocycles. The Bertz CT molecular complexity index is 946. The summed E-state index contributed by atoms with van der Waals surface area (Å²) in [6.45, 7) is 2.18. The van der Waals surface area contributed by atoms with Crippen LogP contribution in [-0.4, -0.2) is 37.0 Å². The molecule has 4 nitrogen and oxygen atoms in total. The molecule has 4 rings (SSSR count). The highest BCUT2D eigenvalue weighted by Crippen LogP contribution is 2.26. The number of likely N-dealkylation sites (tertiary alicyclic amines) is 1. The van der Waals surface area contributed by atoms with Crippen molar-refractivity contribution in [3.05, 3.63) is 84.4 Å². The molecule has 1 aliphatic heterocycles. The lowest BCUT2D eigenvalue weighted by Gasteiger charge is -2.29. The maximum atomic E-state index is 12.4. The zero-order chi connectivity index (χ0) is 20.1. The fourth-order valence-corrected chi connectivity index (χ4v) is 3.59. The lowest BCUT2D eigenvalue weighted by molar-refractivity contribution is 0.102. The van der Waals surface area contributed by atoms with E-state index in [9.17, 15) is 4.79 Å². The number of amides is 1. The monoisotopic (exact) mass is 386 g/mol. The molecule has 1 heterocycles. The van der Waals surface area contributed by atoms with Crippen molar-refractivity contribution in [2.45, 2.75) is 18.9 Å². The second-order valence-corrected chi connectivity index (χ2v) is 7.55. The van der Waals surface area contributed by atoms with Crippen molar-refractivity contribution >= 4 is 11.6 Å². The van der Waals surface area contributed by atoms with Gasteiger partial charge in [0.1, 0.15) is 11.9 Å². The Morgan fingerprint density at radius 1 is 0.897 bits per heavy atom. The van der Waals surface area contributed by atoms with Crippen LogP contribution in [0.2, 0.25) is 0 Å². The smallest absolute Gasteiger partial charge is 0.255 e. The number of hydrogen-bond acceptors (Lipinski definition) is 3. The van der Waals surface area contributed by atoms with Gasteiger partial charge in [0, 0.05) is 24.3 Å². The summed E-state index contributed by atoms with van der Waals surface area (Å²) in [7, 11) is 2.15. The number of carbonyl (C=O) groups excluding carboxylic acids is 1. The lowest BCUT2D eigenvalue weighted by atomic mass is 10.0. The summed E-state index contributed by atoms with van der Waals surface area (Å²) in [5, 5.41) is 2.97. The normalized spacial score (nSPS) is 15.1. The van der Waals surface area contributed by atoms with E-state index in [1.165, 1.54) is 0 Å². The van der Waals surface area contributed by atoms with E-state index in [2.05, 4.69) is 29.4 Å². The SMILES string of the molecule is CN1CCC(Oc2ccc(-c3cccc(NC(=O)c4ccccc4)c3)cc2)CC1. The molecule has 3 aromatic carbocycles. The first kappa shape index (κ1) is 19.2. The Kier molecular flexibility index (Phi) is 5.92. The second-order valence-electron chi connectivity index (χ2n) is 7.55. The van der Waals surface area contributed by atoms with Gasteiger partial charge in [-0.15, -0.1) is 0 Å². The van der Waals surface area contributed by atoms with Gasteiger partial charge in [-0.05, 0) is 67.4 Å². The van der Waals surface area contributed by atoms with Crippen molar-refractivity contribution in [1.82, 2.24) is 4.90 Å². The summed E-state index contributed by atoms with van der Waals surface area (Å²) in [5.41, 5.74) is 3.58. The molecule has 0 spiro atoms. The van der Waals surface area contributed by atoms with Gasteiger partial charge in [-0.2, -0.15) is 0 Å². The molecule has 0 bridgehead atoms. The summed E-state index contributed by atoms with van der Waals surface area (Å²) in [6.07, 6.45) is 2.44. The maximum Gasteiger partial charge on any atom is 0.255 e. The number of carbonyl (C=O) groups is 1. The minimum atomic E-state index is -0.107. The van der Waals surface area contributed by atoms with Crippen LogP contribution in [0.1, 0.15) is 23.2 Å². The Morgan fingerprint density at radius 3 is 2.34 bits per heavy atom. The van der Waals surface area contributed by atoms with Crippen LogP contribution in [0.5, 0.6) is 5.75 Å². The lowest BCUT2D eigenvalue weighted by Crippen LogP contribution is -2.35. The fourth-order valence-electron chi connectivity index (χ4n) is 3.59. The highest BCUT2D eigenvalue weighted by Gasteiger charge is 2.17. The van der Waals surface area contributed by atoms with Gasteiger partial charge >= 0.3 is 0 Å². The highest BCUT2D eigenvalue weighted by molar-refractivity contribution is 6.04. The van der Waals surface area contributed by atoms with Crippen LogP contribution in [0, 0.1) is 0 Å². The molecule has 4 heteroatoms. The van der Waals surface area contributed by atoms with Gasteiger partial charge in [0.2, 0.25) is 0 Å². The van der Waals surface area contributed by atoms with E-state index in [1.54, 1.807) is 0 Å². The molecule has 1 aliphatic rings. The van der Waals surface area contributed by atoms with Crippen molar-refractivity contribution in [3.8, 4) is 16.9 Å². The van der Waals surface area contributed by atoms with Crippen LogP contribution in [0.15, 0.2) is 78.9 Å². The summed E-state index contributed by atoms with van der Waals surface area (Å²) in [5.74, 6) is 0.807. The molecular formula is C25H26N2O2. The third-order valence-electron chi connectivity index (χ3n) is 5.31. The summed E-state index contributed by atoms with van der Waals surface area (Å²) in [6, 6.07) is 25.3. The molecule has 0 aromatic heterocycles. The van der Waals surface area contributed by atoms with E-state index in [-0.39, 0.29) is 5.91 Å². The molecule has 1 amide bonds. The molecule has 3 aromatic rings. The quantitative estimate of drug-likeness (QED) is 0.665. The molecule has 0 radical (unpaired) electrons. The first-order valence-corrected chi connectivity index (χ1v) is 10.1. The van der Waals surface area contributed by atoms with Gasteiger partial charge in [0.25, 0.3) is 5.91 Å². The van der Waals surface area contributed by atoms with Crippen LogP contribution in [0.4, 0.5) is 5.69 Å². The fraction of sp³-hybridized carbons (Fsp3) is 0.240. The Morgan fingerprint density at radius 2 is 1.62 bits per heavy atom. The van der Waals surface area contributed by atoms with Gasteiger partial charge in [-0.1, -0.05) is 42.5 Å². The van der Waals surface area contributed by atoms with Crippen molar-refractivity contribution < 1.29 is 9.53 Å². The van der Waals surface area contributed by atoms with Gasteiger partial charge in [-0.25, -0.2) is 0 Å². The van der Waals surface area contributed by atoms with Crippen molar-refractivity contribution in [3.63, 3.8) is 0 Å². The minimum absolute atomic E-state index is 0.107. The van der Waals surface area contributed by atoms with Gasteiger partial charge in [0.05, 0.1) is 0 Å². The number of anilines is 1. The number of benzene rings is 3. The van der Waals surface area contributed by atoms with Crippen LogP contribution in [0.3, 0.4) is 0 Å². The third-order valence-corrected chi connectivity index (χ3v) is 5.31. The maximum absolute atomic E-state index is 12.4. The van der Waals surface area contributed by atoms with Crippen LogP contribution in [0.25, 0.3) is 11.1 Å².